The molecular formula is C16H16N4O. The van der Waals surface area contributed by atoms with E-state index in [-0.39, 0.29) is 12.1 Å². The molecule has 1 aromatic carbocycles. The van der Waals surface area contributed by atoms with Crippen LogP contribution in [0.25, 0.3) is 21.9 Å². The monoisotopic (exact) mass is 280 g/mol. The summed E-state index contributed by atoms with van der Waals surface area (Å²) in [7, 11) is 0. The zero-order chi connectivity index (χ0) is 14.8. The minimum atomic E-state index is -0.200. The third-order valence-corrected chi connectivity index (χ3v) is 3.60. The van der Waals surface area contributed by atoms with E-state index in [0.717, 1.165) is 22.9 Å². The molecule has 0 atom stereocenters. The van der Waals surface area contributed by atoms with Crippen LogP contribution in [0.4, 0.5) is 0 Å². The van der Waals surface area contributed by atoms with Gasteiger partial charge in [-0.3, -0.25) is 9.78 Å². The molecule has 0 aliphatic heterocycles. The molecule has 0 amide bonds. The Kier molecular flexibility index (Phi) is 3.50. The minimum absolute atomic E-state index is 0.200. The number of aromatic amines is 1. The number of pyridine rings is 1. The van der Waals surface area contributed by atoms with E-state index < -0.39 is 0 Å². The summed E-state index contributed by atoms with van der Waals surface area (Å²) in [6, 6.07) is 7.80. The number of H-pyrrole nitrogens is 1. The fourth-order valence-electron chi connectivity index (χ4n) is 2.39. The normalized spacial score (nSPS) is 11.0. The average molecular weight is 280 g/mol. The van der Waals surface area contributed by atoms with E-state index in [9.17, 15) is 4.79 Å². The number of rotatable bonds is 3. The molecule has 0 radical (unpaired) electrons. The second-order valence-electron chi connectivity index (χ2n) is 4.90. The molecule has 5 nitrogen and oxygen atoms in total. The standard InChI is InChI=1S/C16H16N4O/c1-2-10-5-12(9-18-8-10)11-3-4-13-14(6-11)15(7-17)19-20-16(13)21/h3-6,8-9H,2,7,17H2,1H3,(H,20,21). The Bertz CT molecular complexity index is 854. The lowest BCUT2D eigenvalue weighted by molar-refractivity contribution is 0.900. The van der Waals surface area contributed by atoms with Crippen molar-refractivity contribution in [1.82, 2.24) is 15.2 Å². The van der Waals surface area contributed by atoms with E-state index in [4.69, 9.17) is 5.73 Å². The SMILES string of the molecule is CCc1cncc(-c2ccc3c(=O)[nH]nc(CN)c3c2)c1. The first-order valence-electron chi connectivity index (χ1n) is 6.88. The molecule has 0 fully saturated rings. The molecule has 21 heavy (non-hydrogen) atoms. The summed E-state index contributed by atoms with van der Waals surface area (Å²) in [5.41, 5.74) is 9.40. The molecule has 2 aromatic heterocycles. The van der Waals surface area contributed by atoms with Gasteiger partial charge in [0.2, 0.25) is 0 Å². The number of benzene rings is 1. The highest BCUT2D eigenvalue weighted by Crippen LogP contribution is 2.24. The van der Waals surface area contributed by atoms with Crippen molar-refractivity contribution in [2.45, 2.75) is 19.9 Å². The van der Waals surface area contributed by atoms with Gasteiger partial charge in [0.15, 0.2) is 0 Å². The van der Waals surface area contributed by atoms with Crippen LogP contribution < -0.4 is 11.3 Å². The van der Waals surface area contributed by atoms with Gasteiger partial charge in [-0.05, 0) is 35.7 Å². The van der Waals surface area contributed by atoms with Crippen molar-refractivity contribution < 1.29 is 0 Å². The molecule has 0 saturated heterocycles. The molecule has 0 aliphatic carbocycles. The van der Waals surface area contributed by atoms with Crippen LogP contribution in [-0.4, -0.2) is 15.2 Å². The smallest absolute Gasteiger partial charge is 0.272 e. The van der Waals surface area contributed by atoms with E-state index in [1.807, 2.05) is 30.6 Å². The van der Waals surface area contributed by atoms with Gasteiger partial charge in [-0.2, -0.15) is 5.10 Å². The molecule has 3 rings (SSSR count). The summed E-state index contributed by atoms with van der Waals surface area (Å²) < 4.78 is 0. The predicted molar refractivity (Wildman–Crippen MR) is 82.9 cm³/mol. The molecule has 0 spiro atoms. The number of aryl methyl sites for hydroxylation is 1. The Labute approximate surface area is 121 Å². The van der Waals surface area contributed by atoms with Crippen molar-refractivity contribution in [3.63, 3.8) is 0 Å². The lowest BCUT2D eigenvalue weighted by Gasteiger charge is -2.07. The number of nitrogens with zero attached hydrogens (tertiary/aromatic N) is 2. The van der Waals surface area contributed by atoms with E-state index in [2.05, 4.69) is 28.2 Å². The summed E-state index contributed by atoms with van der Waals surface area (Å²) in [6.45, 7) is 2.38. The molecule has 3 N–H and O–H groups in total. The molecule has 106 valence electrons. The van der Waals surface area contributed by atoms with Crippen LogP contribution in [0.1, 0.15) is 18.2 Å². The highest BCUT2D eigenvalue weighted by atomic mass is 16.1. The largest absolute Gasteiger partial charge is 0.325 e. The van der Waals surface area contributed by atoms with Gasteiger partial charge in [0.05, 0.1) is 11.1 Å². The minimum Gasteiger partial charge on any atom is -0.325 e. The second-order valence-corrected chi connectivity index (χ2v) is 4.90. The Morgan fingerprint density at radius 1 is 1.14 bits per heavy atom. The molecule has 0 bridgehead atoms. The van der Waals surface area contributed by atoms with Crippen molar-refractivity contribution >= 4 is 10.8 Å². The summed E-state index contributed by atoms with van der Waals surface area (Å²) in [5, 5.41) is 7.89. The van der Waals surface area contributed by atoms with Gasteiger partial charge in [0.25, 0.3) is 5.56 Å². The number of fused-ring (bicyclic) bond motifs is 1. The van der Waals surface area contributed by atoms with Crippen molar-refractivity contribution in [3.8, 4) is 11.1 Å². The van der Waals surface area contributed by atoms with Crippen LogP contribution in [0.15, 0.2) is 41.5 Å². The highest BCUT2D eigenvalue weighted by molar-refractivity contribution is 5.88. The number of nitrogens with one attached hydrogen (secondary N) is 1. The fraction of sp³-hybridized carbons (Fsp3) is 0.188. The number of nitrogens with two attached hydrogens (primary N) is 1. The van der Waals surface area contributed by atoms with E-state index >= 15 is 0 Å². The molecule has 0 aliphatic rings. The van der Waals surface area contributed by atoms with Crippen LogP contribution in [0.5, 0.6) is 0 Å². The first-order valence-corrected chi connectivity index (χ1v) is 6.88. The number of hydrogen-bond donors (Lipinski definition) is 2. The number of aromatic nitrogens is 3. The average Bonchev–Trinajstić information content (AvgIpc) is 2.55. The van der Waals surface area contributed by atoms with Crippen molar-refractivity contribution in [1.29, 1.82) is 0 Å². The maximum Gasteiger partial charge on any atom is 0.272 e. The van der Waals surface area contributed by atoms with Crippen LogP contribution in [0.2, 0.25) is 0 Å². The maximum absolute atomic E-state index is 11.8. The van der Waals surface area contributed by atoms with Gasteiger partial charge in [0.1, 0.15) is 0 Å². The zero-order valence-corrected chi connectivity index (χ0v) is 11.8. The number of hydrogen-bond acceptors (Lipinski definition) is 4. The molecular weight excluding hydrogens is 264 g/mol. The first kappa shape index (κ1) is 13.5. The third kappa shape index (κ3) is 2.43. The summed E-state index contributed by atoms with van der Waals surface area (Å²) in [5.74, 6) is 0. The zero-order valence-electron chi connectivity index (χ0n) is 11.8. The van der Waals surface area contributed by atoms with Crippen LogP contribution in [0.3, 0.4) is 0 Å². The van der Waals surface area contributed by atoms with E-state index in [0.29, 0.717) is 11.1 Å². The lowest BCUT2D eigenvalue weighted by Crippen LogP contribution is -2.13. The van der Waals surface area contributed by atoms with Crippen LogP contribution in [0, 0.1) is 0 Å². The van der Waals surface area contributed by atoms with Crippen molar-refractivity contribution in [2.24, 2.45) is 5.73 Å². The lowest BCUT2D eigenvalue weighted by atomic mass is 10.0. The van der Waals surface area contributed by atoms with Crippen molar-refractivity contribution in [2.75, 3.05) is 0 Å². The highest BCUT2D eigenvalue weighted by Gasteiger charge is 2.08. The molecule has 0 saturated carbocycles. The van der Waals surface area contributed by atoms with E-state index in [1.165, 1.54) is 5.56 Å². The molecule has 5 heteroatoms. The quantitative estimate of drug-likeness (QED) is 0.768. The predicted octanol–water partition coefficient (Wildman–Crippen LogP) is 2.01. The topological polar surface area (TPSA) is 84.7 Å². The van der Waals surface area contributed by atoms with Gasteiger partial charge in [0, 0.05) is 29.9 Å². The maximum atomic E-state index is 11.8. The van der Waals surface area contributed by atoms with Gasteiger partial charge >= 0.3 is 0 Å². The fourth-order valence-corrected chi connectivity index (χ4v) is 2.39. The van der Waals surface area contributed by atoms with Gasteiger partial charge in [-0.1, -0.05) is 13.0 Å². The summed E-state index contributed by atoms with van der Waals surface area (Å²) >= 11 is 0. The van der Waals surface area contributed by atoms with Gasteiger partial charge in [-0.25, -0.2) is 5.10 Å². The third-order valence-electron chi connectivity index (χ3n) is 3.60. The van der Waals surface area contributed by atoms with Crippen molar-refractivity contribution in [3.05, 3.63) is 58.3 Å². The Balaban J connectivity index is 2.22. The van der Waals surface area contributed by atoms with Crippen LogP contribution in [-0.2, 0) is 13.0 Å². The molecule has 2 heterocycles. The molecule has 0 unspecified atom stereocenters. The first-order chi connectivity index (χ1) is 10.2. The summed E-state index contributed by atoms with van der Waals surface area (Å²) in [6.07, 6.45) is 4.62. The van der Waals surface area contributed by atoms with Crippen LogP contribution >= 0.6 is 0 Å². The summed E-state index contributed by atoms with van der Waals surface area (Å²) in [4.78, 5) is 16.1. The second kappa shape index (κ2) is 5.46. The van der Waals surface area contributed by atoms with Gasteiger partial charge < -0.3 is 5.73 Å². The van der Waals surface area contributed by atoms with E-state index in [1.54, 1.807) is 0 Å². The Hall–Kier alpha value is -2.53. The van der Waals surface area contributed by atoms with Gasteiger partial charge in [-0.15, -0.1) is 0 Å². The Morgan fingerprint density at radius 2 is 2.00 bits per heavy atom. The Morgan fingerprint density at radius 3 is 2.76 bits per heavy atom. The molecule has 3 aromatic rings.